The number of nitrogens with one attached hydrogen (secondary N) is 1. The summed E-state index contributed by atoms with van der Waals surface area (Å²) in [5, 5.41) is 3.03. The predicted molar refractivity (Wildman–Crippen MR) is 116 cm³/mol. The van der Waals surface area contributed by atoms with E-state index >= 15 is 0 Å². The molecular weight excluding hydrogens is 403 g/mol. The number of amides is 2. The smallest absolute Gasteiger partial charge is 0.320 e. The lowest BCUT2D eigenvalue weighted by Gasteiger charge is -2.40. The van der Waals surface area contributed by atoms with Crippen molar-refractivity contribution in [3.05, 3.63) is 77.4 Å². The van der Waals surface area contributed by atoms with Crippen molar-refractivity contribution in [2.24, 2.45) is 0 Å². The second-order valence-corrected chi connectivity index (χ2v) is 7.89. The number of urea groups is 1. The summed E-state index contributed by atoms with van der Waals surface area (Å²) in [6, 6.07) is 12.7. The second kappa shape index (κ2) is 10.0. The van der Waals surface area contributed by atoms with E-state index in [1.54, 1.807) is 19.0 Å². The van der Waals surface area contributed by atoms with Crippen molar-refractivity contribution < 1.29 is 18.0 Å². The molecule has 0 fully saturated rings. The van der Waals surface area contributed by atoms with Crippen LogP contribution in [0.25, 0.3) is 5.57 Å². The van der Waals surface area contributed by atoms with E-state index in [9.17, 15) is 18.0 Å². The maximum Gasteiger partial charge on any atom is 0.320 e. The third-order valence-corrected chi connectivity index (χ3v) is 5.57. The van der Waals surface area contributed by atoms with Crippen LogP contribution in [0.5, 0.6) is 0 Å². The third kappa shape index (κ3) is 4.93. The van der Waals surface area contributed by atoms with Crippen LogP contribution in [0.15, 0.2) is 54.6 Å². The van der Waals surface area contributed by atoms with Gasteiger partial charge in [0.25, 0.3) is 0 Å². The van der Waals surface area contributed by atoms with Crippen molar-refractivity contribution in [3.63, 3.8) is 0 Å². The molecule has 1 heterocycles. The van der Waals surface area contributed by atoms with Crippen LogP contribution in [-0.4, -0.2) is 56.2 Å². The summed E-state index contributed by atoms with van der Waals surface area (Å²) in [5.41, 5.74) is 0.786. The fraction of sp³-hybridized carbons (Fsp3) is 0.375. The van der Waals surface area contributed by atoms with Gasteiger partial charge in [-0.25, -0.2) is 18.0 Å². The summed E-state index contributed by atoms with van der Waals surface area (Å²) in [5.74, 6) is -1.06. The molecule has 0 spiro atoms. The number of carbonyl (C=O) groups is 1. The second-order valence-electron chi connectivity index (χ2n) is 7.89. The number of hydrogen-bond donors (Lipinski definition) is 1. The first-order chi connectivity index (χ1) is 14.9. The molecule has 4 nitrogen and oxygen atoms in total. The Labute approximate surface area is 181 Å². The highest BCUT2D eigenvalue weighted by Gasteiger charge is 2.45. The molecule has 0 saturated carbocycles. The molecule has 0 bridgehead atoms. The van der Waals surface area contributed by atoms with Gasteiger partial charge < -0.3 is 15.1 Å². The monoisotopic (exact) mass is 431 g/mol. The van der Waals surface area contributed by atoms with Crippen molar-refractivity contribution in [3.8, 4) is 0 Å². The van der Waals surface area contributed by atoms with Crippen molar-refractivity contribution >= 4 is 11.6 Å². The Morgan fingerprint density at radius 1 is 1.13 bits per heavy atom. The molecule has 166 valence electrons. The van der Waals surface area contributed by atoms with E-state index in [0.717, 1.165) is 17.7 Å². The van der Waals surface area contributed by atoms with E-state index in [4.69, 9.17) is 0 Å². The van der Waals surface area contributed by atoms with Gasteiger partial charge in [0.1, 0.15) is 18.3 Å². The molecule has 0 aliphatic carbocycles. The van der Waals surface area contributed by atoms with Crippen LogP contribution in [0.1, 0.15) is 24.0 Å². The fourth-order valence-corrected chi connectivity index (χ4v) is 4.10. The van der Waals surface area contributed by atoms with Crippen molar-refractivity contribution in [2.45, 2.75) is 18.4 Å². The van der Waals surface area contributed by atoms with Crippen LogP contribution in [0.4, 0.5) is 18.0 Å². The highest BCUT2D eigenvalue weighted by Crippen LogP contribution is 2.44. The van der Waals surface area contributed by atoms with Crippen molar-refractivity contribution in [1.29, 1.82) is 0 Å². The largest absolute Gasteiger partial charge is 0.331 e. The van der Waals surface area contributed by atoms with Gasteiger partial charge in [-0.2, -0.15) is 0 Å². The van der Waals surface area contributed by atoms with Gasteiger partial charge in [0, 0.05) is 32.7 Å². The van der Waals surface area contributed by atoms with Gasteiger partial charge in [0.2, 0.25) is 0 Å². The maximum absolute atomic E-state index is 14.6. The zero-order chi connectivity index (χ0) is 22.4. The average Bonchev–Trinajstić information content (AvgIpc) is 3.15. The molecule has 2 amide bonds. The highest BCUT2D eigenvalue weighted by molar-refractivity contribution is 5.83. The van der Waals surface area contributed by atoms with Crippen LogP contribution in [0, 0.1) is 11.6 Å². The Morgan fingerprint density at radius 3 is 2.55 bits per heavy atom. The van der Waals surface area contributed by atoms with Crippen LogP contribution in [0.2, 0.25) is 0 Å². The van der Waals surface area contributed by atoms with Crippen molar-refractivity contribution in [2.75, 3.05) is 40.4 Å². The SMILES string of the molecule is CN(C)C(=O)N1CC(c2cc(F)ccc2F)=C[C@@]1(CCCNCCF)c1ccccc1. The third-order valence-electron chi connectivity index (χ3n) is 5.57. The first-order valence-electron chi connectivity index (χ1n) is 10.4. The minimum Gasteiger partial charge on any atom is -0.331 e. The molecule has 0 aromatic heterocycles. The first kappa shape index (κ1) is 22.9. The summed E-state index contributed by atoms with van der Waals surface area (Å²) < 4.78 is 40.9. The number of halogens is 3. The van der Waals surface area contributed by atoms with E-state index in [2.05, 4.69) is 5.32 Å². The molecule has 0 unspecified atom stereocenters. The first-order valence-corrected chi connectivity index (χ1v) is 10.4. The molecule has 1 N–H and O–H groups in total. The minimum atomic E-state index is -0.825. The normalized spacial score (nSPS) is 18.2. The Morgan fingerprint density at radius 2 is 1.87 bits per heavy atom. The predicted octanol–water partition coefficient (Wildman–Crippen LogP) is 4.58. The van der Waals surface area contributed by atoms with E-state index < -0.39 is 23.8 Å². The molecule has 3 rings (SSSR count). The van der Waals surface area contributed by atoms with Crippen LogP contribution in [-0.2, 0) is 5.54 Å². The lowest BCUT2D eigenvalue weighted by atomic mass is 9.84. The number of hydrogen-bond acceptors (Lipinski definition) is 2. The Bertz CT molecular complexity index is 933. The van der Waals surface area contributed by atoms with Crippen LogP contribution >= 0.6 is 0 Å². The summed E-state index contributed by atoms with van der Waals surface area (Å²) in [4.78, 5) is 16.4. The number of rotatable bonds is 8. The molecule has 1 aliphatic heterocycles. The number of alkyl halides is 1. The minimum absolute atomic E-state index is 0.157. The number of carbonyl (C=O) groups excluding carboxylic acids is 1. The summed E-state index contributed by atoms with van der Waals surface area (Å²) in [6.07, 6.45) is 3.11. The standard InChI is InChI=1S/C24H28F3N3O/c1-29(2)23(31)30-17-18(21-15-20(26)9-10-22(21)27)16-24(30,11-6-13-28-14-12-25)19-7-4-3-5-8-19/h3-5,7-10,15-16,28H,6,11-14,17H2,1-2H3/t24-/m0/s1. The molecule has 31 heavy (non-hydrogen) atoms. The number of benzene rings is 2. The van der Waals surface area contributed by atoms with Gasteiger partial charge in [-0.1, -0.05) is 30.3 Å². The molecule has 1 aliphatic rings. The Balaban J connectivity index is 2.08. The Kier molecular flexibility index (Phi) is 7.38. The fourth-order valence-electron chi connectivity index (χ4n) is 4.10. The van der Waals surface area contributed by atoms with Gasteiger partial charge in [-0.15, -0.1) is 0 Å². The van der Waals surface area contributed by atoms with Gasteiger partial charge in [0.05, 0.1) is 5.54 Å². The molecule has 0 saturated heterocycles. The van der Waals surface area contributed by atoms with Gasteiger partial charge in [-0.3, -0.25) is 0 Å². The summed E-state index contributed by atoms with van der Waals surface area (Å²) in [7, 11) is 3.34. The molecular formula is C24H28F3N3O. The molecule has 7 heteroatoms. The van der Waals surface area contributed by atoms with E-state index in [0.29, 0.717) is 25.0 Å². The van der Waals surface area contributed by atoms with E-state index in [-0.39, 0.29) is 24.7 Å². The molecule has 2 aromatic rings. The highest BCUT2D eigenvalue weighted by atomic mass is 19.1. The summed E-state index contributed by atoms with van der Waals surface area (Å²) in [6.45, 7) is 0.566. The quantitative estimate of drug-likeness (QED) is 0.621. The van der Waals surface area contributed by atoms with Crippen LogP contribution < -0.4 is 5.32 Å². The van der Waals surface area contributed by atoms with Gasteiger partial charge in [0.15, 0.2) is 0 Å². The van der Waals surface area contributed by atoms with E-state index in [1.807, 2.05) is 36.4 Å². The van der Waals surface area contributed by atoms with E-state index in [1.165, 1.54) is 11.0 Å². The zero-order valence-corrected chi connectivity index (χ0v) is 17.9. The summed E-state index contributed by atoms with van der Waals surface area (Å²) >= 11 is 0. The molecule has 1 atom stereocenters. The average molecular weight is 432 g/mol. The topological polar surface area (TPSA) is 35.6 Å². The van der Waals surface area contributed by atoms with Crippen LogP contribution in [0.3, 0.4) is 0 Å². The van der Waals surface area contributed by atoms with Gasteiger partial charge in [-0.05, 0) is 54.8 Å². The lowest BCUT2D eigenvalue weighted by Crippen LogP contribution is -2.49. The van der Waals surface area contributed by atoms with Crippen molar-refractivity contribution in [1.82, 2.24) is 15.1 Å². The zero-order valence-electron chi connectivity index (χ0n) is 17.9. The molecule has 0 radical (unpaired) electrons. The maximum atomic E-state index is 14.6. The Hall–Kier alpha value is -2.80. The van der Waals surface area contributed by atoms with Gasteiger partial charge >= 0.3 is 6.03 Å². The lowest BCUT2D eigenvalue weighted by molar-refractivity contribution is 0.130. The number of nitrogens with zero attached hydrogens (tertiary/aromatic N) is 2. The molecule has 2 aromatic carbocycles.